The molecule has 0 aliphatic carbocycles. The van der Waals surface area contributed by atoms with Gasteiger partial charge in [0.05, 0.1) is 4.90 Å². The Labute approximate surface area is 151 Å². The van der Waals surface area contributed by atoms with Gasteiger partial charge in [-0.25, -0.2) is 8.42 Å². The first-order chi connectivity index (χ1) is 11.8. The molecule has 1 aromatic rings. The standard InChI is InChI=1S/C19H30N2O3S/c1-5-6-16(4)20-19(22)18-13-17(8-7-15(18)3)25(23,24)21-11-9-14(2)10-12-21/h7-8,13-14,16H,5-6,9-12H2,1-4H3,(H,20,22)/t16-/m1/s1. The number of carbonyl (C=O) groups excluding carboxylic acids is 1. The molecule has 1 aliphatic heterocycles. The predicted molar refractivity (Wildman–Crippen MR) is 100 cm³/mol. The van der Waals surface area contributed by atoms with Crippen molar-refractivity contribution in [2.24, 2.45) is 5.92 Å². The monoisotopic (exact) mass is 366 g/mol. The van der Waals surface area contributed by atoms with Crippen molar-refractivity contribution in [2.45, 2.75) is 64.3 Å². The van der Waals surface area contributed by atoms with Crippen molar-refractivity contribution >= 4 is 15.9 Å². The first-order valence-electron chi connectivity index (χ1n) is 9.17. The molecule has 1 amide bonds. The smallest absolute Gasteiger partial charge is 0.251 e. The van der Waals surface area contributed by atoms with Crippen LogP contribution in [0.15, 0.2) is 23.1 Å². The minimum atomic E-state index is -3.54. The Morgan fingerprint density at radius 3 is 2.56 bits per heavy atom. The molecule has 0 aromatic heterocycles. The topological polar surface area (TPSA) is 66.5 Å². The molecule has 1 fully saturated rings. The van der Waals surface area contributed by atoms with Crippen LogP contribution in [0.5, 0.6) is 0 Å². The maximum atomic E-state index is 12.9. The lowest BCUT2D eigenvalue weighted by Gasteiger charge is -2.29. The second kappa shape index (κ2) is 8.32. The van der Waals surface area contributed by atoms with E-state index in [1.807, 2.05) is 13.8 Å². The Balaban J connectivity index is 2.24. The molecule has 0 saturated carbocycles. The van der Waals surface area contributed by atoms with E-state index in [1.165, 1.54) is 6.07 Å². The molecule has 140 valence electrons. The first kappa shape index (κ1) is 19.9. The quantitative estimate of drug-likeness (QED) is 0.840. The molecule has 5 nitrogen and oxygen atoms in total. The number of nitrogens with zero attached hydrogens (tertiary/aromatic N) is 1. The third-order valence-corrected chi connectivity index (χ3v) is 6.83. The van der Waals surface area contributed by atoms with Gasteiger partial charge in [0.2, 0.25) is 10.0 Å². The van der Waals surface area contributed by atoms with Crippen LogP contribution in [-0.2, 0) is 10.0 Å². The molecule has 0 spiro atoms. The highest BCUT2D eigenvalue weighted by molar-refractivity contribution is 7.89. The molecular weight excluding hydrogens is 336 g/mol. The maximum Gasteiger partial charge on any atom is 0.251 e. The summed E-state index contributed by atoms with van der Waals surface area (Å²) in [6, 6.07) is 4.92. The summed E-state index contributed by atoms with van der Waals surface area (Å²) in [4.78, 5) is 12.7. The zero-order chi connectivity index (χ0) is 18.6. The lowest BCUT2D eigenvalue weighted by atomic mass is 10.0. The number of hydrogen-bond acceptors (Lipinski definition) is 3. The molecule has 0 bridgehead atoms. The summed E-state index contributed by atoms with van der Waals surface area (Å²) in [5.74, 6) is 0.355. The van der Waals surface area contributed by atoms with Gasteiger partial charge >= 0.3 is 0 Å². The van der Waals surface area contributed by atoms with Crippen molar-refractivity contribution in [1.29, 1.82) is 0 Å². The Morgan fingerprint density at radius 1 is 1.32 bits per heavy atom. The van der Waals surface area contributed by atoms with E-state index in [0.29, 0.717) is 24.6 Å². The van der Waals surface area contributed by atoms with Gasteiger partial charge in [-0.3, -0.25) is 4.79 Å². The number of amides is 1. The molecule has 1 aliphatic rings. The van der Waals surface area contributed by atoms with E-state index in [2.05, 4.69) is 19.2 Å². The average Bonchev–Trinajstić information content (AvgIpc) is 2.55. The van der Waals surface area contributed by atoms with Crippen molar-refractivity contribution in [3.8, 4) is 0 Å². The minimum Gasteiger partial charge on any atom is -0.350 e. The van der Waals surface area contributed by atoms with Gasteiger partial charge in [-0.2, -0.15) is 4.31 Å². The summed E-state index contributed by atoms with van der Waals surface area (Å²) in [6.45, 7) is 9.11. The van der Waals surface area contributed by atoms with Gasteiger partial charge in [0, 0.05) is 24.7 Å². The van der Waals surface area contributed by atoms with Gasteiger partial charge in [-0.05, 0) is 56.7 Å². The number of sulfonamides is 1. The molecule has 25 heavy (non-hydrogen) atoms. The van der Waals surface area contributed by atoms with E-state index in [0.717, 1.165) is 31.2 Å². The highest BCUT2D eigenvalue weighted by Gasteiger charge is 2.29. The number of aryl methyl sites for hydroxylation is 1. The molecule has 0 unspecified atom stereocenters. The van der Waals surface area contributed by atoms with Gasteiger partial charge in [0.1, 0.15) is 0 Å². The minimum absolute atomic E-state index is 0.0701. The fraction of sp³-hybridized carbons (Fsp3) is 0.632. The third kappa shape index (κ3) is 4.82. The summed E-state index contributed by atoms with van der Waals surface area (Å²) in [7, 11) is -3.54. The predicted octanol–water partition coefficient (Wildman–Crippen LogP) is 3.33. The number of nitrogens with one attached hydrogen (secondary N) is 1. The van der Waals surface area contributed by atoms with Crippen LogP contribution < -0.4 is 5.32 Å². The van der Waals surface area contributed by atoms with Crippen molar-refractivity contribution in [1.82, 2.24) is 9.62 Å². The Bertz CT molecular complexity index is 707. The number of piperidine rings is 1. The number of rotatable bonds is 6. The second-order valence-electron chi connectivity index (χ2n) is 7.23. The SMILES string of the molecule is CCC[C@@H](C)NC(=O)c1cc(S(=O)(=O)N2CCC(C)CC2)ccc1C. The molecule has 1 N–H and O–H groups in total. The molecule has 1 saturated heterocycles. The lowest BCUT2D eigenvalue weighted by molar-refractivity contribution is 0.0937. The highest BCUT2D eigenvalue weighted by atomic mass is 32.2. The van der Waals surface area contributed by atoms with E-state index < -0.39 is 10.0 Å². The van der Waals surface area contributed by atoms with E-state index in [1.54, 1.807) is 16.4 Å². The van der Waals surface area contributed by atoms with Gasteiger partial charge in [-0.15, -0.1) is 0 Å². The van der Waals surface area contributed by atoms with Crippen LogP contribution in [0.4, 0.5) is 0 Å². The van der Waals surface area contributed by atoms with Crippen LogP contribution in [0, 0.1) is 12.8 Å². The molecule has 1 aromatic carbocycles. The van der Waals surface area contributed by atoms with Crippen molar-refractivity contribution in [3.05, 3.63) is 29.3 Å². The number of carbonyl (C=O) groups is 1. The van der Waals surface area contributed by atoms with Crippen LogP contribution in [0.3, 0.4) is 0 Å². The fourth-order valence-corrected chi connectivity index (χ4v) is 4.68. The largest absolute Gasteiger partial charge is 0.350 e. The maximum absolute atomic E-state index is 12.9. The summed E-state index contributed by atoms with van der Waals surface area (Å²) >= 11 is 0. The molecule has 1 heterocycles. The van der Waals surface area contributed by atoms with Gasteiger partial charge in [0.15, 0.2) is 0 Å². The number of benzene rings is 1. The van der Waals surface area contributed by atoms with Crippen molar-refractivity contribution in [2.75, 3.05) is 13.1 Å². The van der Waals surface area contributed by atoms with Crippen LogP contribution >= 0.6 is 0 Å². The Morgan fingerprint density at radius 2 is 1.96 bits per heavy atom. The summed E-state index contributed by atoms with van der Waals surface area (Å²) in [6.07, 6.45) is 3.65. The summed E-state index contributed by atoms with van der Waals surface area (Å²) in [5, 5.41) is 2.95. The Kier molecular flexibility index (Phi) is 6.63. The summed E-state index contributed by atoms with van der Waals surface area (Å²) in [5.41, 5.74) is 1.22. The van der Waals surface area contributed by atoms with E-state index in [-0.39, 0.29) is 16.8 Å². The van der Waals surface area contributed by atoms with E-state index >= 15 is 0 Å². The fourth-order valence-electron chi connectivity index (χ4n) is 3.19. The molecule has 1 atom stereocenters. The first-order valence-corrected chi connectivity index (χ1v) is 10.6. The van der Waals surface area contributed by atoms with Crippen molar-refractivity contribution in [3.63, 3.8) is 0 Å². The lowest BCUT2D eigenvalue weighted by Crippen LogP contribution is -2.38. The Hall–Kier alpha value is -1.40. The van der Waals surface area contributed by atoms with E-state index in [4.69, 9.17) is 0 Å². The van der Waals surface area contributed by atoms with Gasteiger partial charge in [-0.1, -0.05) is 26.3 Å². The molecule has 0 radical (unpaired) electrons. The van der Waals surface area contributed by atoms with Gasteiger partial charge in [0.25, 0.3) is 5.91 Å². The van der Waals surface area contributed by atoms with Gasteiger partial charge < -0.3 is 5.32 Å². The molecule has 2 rings (SSSR count). The molecular formula is C19H30N2O3S. The van der Waals surface area contributed by atoms with Crippen LogP contribution in [0.25, 0.3) is 0 Å². The van der Waals surface area contributed by atoms with Crippen LogP contribution in [0.1, 0.15) is 62.4 Å². The highest BCUT2D eigenvalue weighted by Crippen LogP contribution is 2.25. The normalized spacial score (nSPS) is 18.1. The zero-order valence-electron chi connectivity index (χ0n) is 15.7. The summed E-state index contributed by atoms with van der Waals surface area (Å²) < 4.78 is 27.3. The second-order valence-corrected chi connectivity index (χ2v) is 9.16. The molecule has 6 heteroatoms. The zero-order valence-corrected chi connectivity index (χ0v) is 16.5. The third-order valence-electron chi connectivity index (χ3n) is 4.93. The van der Waals surface area contributed by atoms with Crippen LogP contribution in [0.2, 0.25) is 0 Å². The van der Waals surface area contributed by atoms with E-state index in [9.17, 15) is 13.2 Å². The number of hydrogen-bond donors (Lipinski definition) is 1. The average molecular weight is 367 g/mol. The van der Waals surface area contributed by atoms with Crippen molar-refractivity contribution < 1.29 is 13.2 Å². The van der Waals surface area contributed by atoms with Crippen LogP contribution in [-0.4, -0.2) is 37.8 Å².